The number of phenolic OH excluding ortho intramolecular Hbond substituents is 1. The number of nitrogens with one attached hydrogen (secondary N) is 2. The van der Waals surface area contributed by atoms with E-state index in [9.17, 15) is 14.7 Å². The van der Waals surface area contributed by atoms with Crippen LogP contribution in [0.2, 0.25) is 0 Å². The van der Waals surface area contributed by atoms with Crippen LogP contribution in [0.5, 0.6) is 5.75 Å². The Labute approximate surface area is 370 Å². The van der Waals surface area contributed by atoms with Gasteiger partial charge in [0.15, 0.2) is 5.13 Å². The van der Waals surface area contributed by atoms with Crippen molar-refractivity contribution in [3.63, 3.8) is 0 Å². The van der Waals surface area contributed by atoms with Gasteiger partial charge in [-0.05, 0) is 64.7 Å². The highest BCUT2D eigenvalue weighted by Gasteiger charge is 2.76. The highest BCUT2D eigenvalue weighted by Crippen LogP contribution is 2.66. The summed E-state index contributed by atoms with van der Waals surface area (Å²) in [5.41, 5.74) is 6.26. The number of aromatic nitrogens is 1. The van der Waals surface area contributed by atoms with Crippen molar-refractivity contribution in [3.05, 3.63) is 155 Å². The molecule has 2 fully saturated rings. The molecule has 15 nitrogen and oxygen atoms in total. The third kappa shape index (κ3) is 7.24. The largest absolute Gasteiger partial charge is 0.508 e. The third-order valence-electron chi connectivity index (χ3n) is 11.8. The van der Waals surface area contributed by atoms with Crippen molar-refractivity contribution in [2.45, 2.75) is 29.6 Å². The summed E-state index contributed by atoms with van der Waals surface area (Å²) < 4.78 is 18.1. The van der Waals surface area contributed by atoms with Gasteiger partial charge in [-0.1, -0.05) is 108 Å². The number of carbonyl (C=O) groups is 5. The molecule has 5 amide bonds. The summed E-state index contributed by atoms with van der Waals surface area (Å²) in [7, 11) is 1.44. The number of morpholine rings is 1. The fraction of sp³-hybridized carbons (Fsp3) is 0.208. The molecule has 16 heteroatoms. The molecule has 1 spiro atoms. The maximum Gasteiger partial charge on any atom is 0.421 e. The number of fused-ring (bicyclic) bond motifs is 4. The van der Waals surface area contributed by atoms with Crippen LogP contribution in [0.1, 0.15) is 46.0 Å². The number of nitrogens with zero attached hydrogens (tertiary/aromatic N) is 3. The summed E-state index contributed by atoms with van der Waals surface area (Å²) in [6.07, 6.45) is -1.98. The van der Waals surface area contributed by atoms with Crippen LogP contribution >= 0.6 is 11.3 Å². The number of hydrogen-bond acceptors (Lipinski definition) is 12. The van der Waals surface area contributed by atoms with Crippen molar-refractivity contribution in [2.75, 3.05) is 37.1 Å². The number of ether oxygens (including phenoxy) is 3. The van der Waals surface area contributed by atoms with Crippen molar-refractivity contribution in [1.29, 1.82) is 0 Å². The number of anilines is 2. The SMILES string of the molecule is COCCOC(=O)N1C(=O)[C@@]2(c3cc(C#CCNC(N)=O)ccc31)[C@H](C(=O)Nc1nc3ccccc3s1)[C@H]1C(=O)O[C@H](c3ccccc3)[C@H](c3ccccc3)N1[C@@H]2c1ccc(O)cc1. The Hall–Kier alpha value is -7.58. The van der Waals surface area contributed by atoms with Gasteiger partial charge in [-0.2, -0.15) is 0 Å². The minimum atomic E-state index is -2.11. The molecule has 0 aliphatic carbocycles. The molecule has 3 aliphatic heterocycles. The minimum absolute atomic E-state index is 0.0320. The predicted molar refractivity (Wildman–Crippen MR) is 236 cm³/mol. The van der Waals surface area contributed by atoms with E-state index >= 15 is 14.4 Å². The number of hydrogen-bond donors (Lipinski definition) is 4. The number of aromatic hydroxyl groups is 1. The van der Waals surface area contributed by atoms with Gasteiger partial charge < -0.3 is 35.7 Å². The smallest absolute Gasteiger partial charge is 0.421 e. The summed E-state index contributed by atoms with van der Waals surface area (Å²) >= 11 is 1.22. The van der Waals surface area contributed by atoms with Crippen LogP contribution in [0.4, 0.5) is 20.4 Å². The van der Waals surface area contributed by atoms with Gasteiger partial charge in [-0.15, -0.1) is 0 Å². The van der Waals surface area contributed by atoms with E-state index in [1.807, 2.05) is 83.8 Å². The van der Waals surface area contributed by atoms with E-state index < -0.39 is 65.5 Å². The summed E-state index contributed by atoms with van der Waals surface area (Å²) in [6.45, 7) is -0.264. The molecule has 64 heavy (non-hydrogen) atoms. The van der Waals surface area contributed by atoms with Gasteiger partial charge in [0.25, 0.3) is 0 Å². The molecule has 9 rings (SSSR count). The molecular formula is C48H40N6O9S. The molecule has 5 aromatic carbocycles. The lowest BCUT2D eigenvalue weighted by atomic mass is 9.65. The van der Waals surface area contributed by atoms with Gasteiger partial charge >= 0.3 is 18.1 Å². The lowest BCUT2D eigenvalue weighted by molar-refractivity contribution is -0.177. The zero-order chi connectivity index (χ0) is 44.5. The molecule has 6 atom stereocenters. The molecule has 0 saturated carbocycles. The number of urea groups is 1. The van der Waals surface area contributed by atoms with Gasteiger partial charge in [0, 0.05) is 12.7 Å². The number of rotatable bonds is 9. The van der Waals surface area contributed by atoms with Crippen molar-refractivity contribution in [1.82, 2.24) is 15.2 Å². The maximum absolute atomic E-state index is 16.2. The lowest BCUT2D eigenvalue weighted by Gasteiger charge is -2.46. The molecule has 0 radical (unpaired) electrons. The Bertz CT molecular complexity index is 2810. The normalized spacial score (nSPS) is 22.3. The van der Waals surface area contributed by atoms with Crippen LogP contribution in [0.3, 0.4) is 0 Å². The standard InChI is InChI=1S/C48H40N6O9S/c1-61-25-26-62-47(60)53-35-23-18-28(11-10-24-50-45(49)59)27-33(35)48(44(53)58)37(42(56)52-46-51-34-16-8-9-17-36(34)64-46)39-43(57)63-40(30-14-6-3-7-15-30)38(29-12-4-2-5-13-29)54(39)41(48)31-19-21-32(55)22-20-31/h2-9,12-23,27,37-41,55H,24-26H2,1H3,(H3,49,50,59)(H,51,52,56)/t37-,38-,39-,40+,41+,48-/m0/s1. The number of para-hydroxylation sites is 1. The van der Waals surface area contributed by atoms with Crippen LogP contribution in [0.25, 0.3) is 10.2 Å². The Balaban J connectivity index is 1.34. The first kappa shape index (κ1) is 41.8. The second-order valence-electron chi connectivity index (χ2n) is 15.3. The first-order valence-corrected chi connectivity index (χ1v) is 21.1. The number of benzene rings is 5. The number of primary amides is 1. The van der Waals surface area contributed by atoms with Crippen molar-refractivity contribution >= 4 is 62.3 Å². The average Bonchev–Trinajstić information content (AvgIpc) is 3.94. The molecule has 2 saturated heterocycles. The Morgan fingerprint density at radius 1 is 0.875 bits per heavy atom. The van der Waals surface area contributed by atoms with E-state index in [-0.39, 0.29) is 41.9 Å². The van der Waals surface area contributed by atoms with Gasteiger partial charge in [0.05, 0.1) is 47.1 Å². The summed E-state index contributed by atoms with van der Waals surface area (Å²) in [4.78, 5) is 80.4. The topological polar surface area (TPSA) is 203 Å². The van der Waals surface area contributed by atoms with Gasteiger partial charge in [-0.25, -0.2) is 19.5 Å². The fourth-order valence-corrected chi connectivity index (χ4v) is 10.2. The van der Waals surface area contributed by atoms with E-state index in [0.29, 0.717) is 27.8 Å². The molecule has 322 valence electrons. The highest BCUT2D eigenvalue weighted by molar-refractivity contribution is 7.22. The summed E-state index contributed by atoms with van der Waals surface area (Å²) in [5.74, 6) is 1.80. The Kier molecular flexibility index (Phi) is 11.3. The summed E-state index contributed by atoms with van der Waals surface area (Å²) in [5, 5.41) is 16.3. The monoisotopic (exact) mass is 876 g/mol. The van der Waals surface area contributed by atoms with Gasteiger partial charge in [0.2, 0.25) is 11.8 Å². The number of methoxy groups -OCH3 is 1. The Morgan fingerprint density at radius 2 is 1.58 bits per heavy atom. The van der Waals surface area contributed by atoms with E-state index in [4.69, 9.17) is 19.9 Å². The quantitative estimate of drug-likeness (QED) is 0.0742. The highest BCUT2D eigenvalue weighted by atomic mass is 32.1. The van der Waals surface area contributed by atoms with E-state index in [1.165, 1.54) is 30.6 Å². The number of esters is 1. The second-order valence-corrected chi connectivity index (χ2v) is 16.4. The molecule has 6 aromatic rings. The van der Waals surface area contributed by atoms with E-state index in [2.05, 4.69) is 27.5 Å². The van der Waals surface area contributed by atoms with E-state index in [1.54, 1.807) is 36.4 Å². The van der Waals surface area contributed by atoms with Crippen molar-refractivity contribution in [3.8, 4) is 17.6 Å². The van der Waals surface area contributed by atoms with Gasteiger partial charge in [-0.3, -0.25) is 19.3 Å². The zero-order valence-electron chi connectivity index (χ0n) is 34.2. The average molecular weight is 877 g/mol. The third-order valence-corrected chi connectivity index (χ3v) is 12.7. The first-order valence-electron chi connectivity index (χ1n) is 20.3. The molecular weight excluding hydrogens is 837 g/mol. The number of cyclic esters (lactones) is 1. The Morgan fingerprint density at radius 3 is 2.28 bits per heavy atom. The molecule has 0 bridgehead atoms. The maximum atomic E-state index is 16.2. The fourth-order valence-electron chi connectivity index (χ4n) is 9.29. The van der Waals surface area contributed by atoms with Crippen LogP contribution in [0.15, 0.2) is 127 Å². The lowest BCUT2D eigenvalue weighted by Crippen LogP contribution is -2.54. The molecule has 3 aliphatic rings. The number of nitrogens with two attached hydrogens (primary N) is 1. The summed E-state index contributed by atoms with van der Waals surface area (Å²) in [6, 6.07) is 32.6. The number of imide groups is 1. The predicted octanol–water partition coefficient (Wildman–Crippen LogP) is 6.11. The van der Waals surface area contributed by atoms with Crippen LogP contribution in [0, 0.1) is 17.8 Å². The number of thiazole rings is 1. The second kappa shape index (κ2) is 17.3. The van der Waals surface area contributed by atoms with Crippen LogP contribution in [-0.4, -0.2) is 77.8 Å². The molecule has 1 aromatic heterocycles. The minimum Gasteiger partial charge on any atom is -0.508 e. The zero-order valence-corrected chi connectivity index (χ0v) is 35.0. The van der Waals surface area contributed by atoms with Crippen LogP contribution in [-0.2, 0) is 34.0 Å². The van der Waals surface area contributed by atoms with Crippen LogP contribution < -0.4 is 21.3 Å². The number of phenols is 1. The molecule has 4 heterocycles. The molecule has 0 unspecified atom stereocenters. The van der Waals surface area contributed by atoms with E-state index in [0.717, 1.165) is 9.60 Å². The number of carbonyl (C=O) groups excluding carboxylic acids is 5. The van der Waals surface area contributed by atoms with Crippen molar-refractivity contribution in [2.24, 2.45) is 11.7 Å². The van der Waals surface area contributed by atoms with Crippen molar-refractivity contribution < 1.29 is 43.3 Å². The number of amides is 5. The first-order chi connectivity index (χ1) is 31.1. The molecule has 5 N–H and O–H groups in total. The van der Waals surface area contributed by atoms with Gasteiger partial charge in [0.1, 0.15) is 29.9 Å².